The monoisotopic (exact) mass is 316 g/mol. The summed E-state index contributed by atoms with van der Waals surface area (Å²) in [5, 5.41) is 11.7. The highest BCUT2D eigenvalue weighted by Gasteiger charge is 2.07. The van der Waals surface area contributed by atoms with E-state index < -0.39 is 0 Å². The molecule has 0 aliphatic carbocycles. The third-order valence-corrected chi connectivity index (χ3v) is 3.27. The zero-order valence-electron chi connectivity index (χ0n) is 13.9. The van der Waals surface area contributed by atoms with E-state index in [1.165, 1.54) is 0 Å². The first kappa shape index (κ1) is 20.8. The first-order valence-electron chi connectivity index (χ1n) is 7.89. The Hall–Kier alpha value is -1.22. The van der Waals surface area contributed by atoms with Crippen LogP contribution < -0.4 is 27.0 Å². The fourth-order valence-corrected chi connectivity index (χ4v) is 1.87. The first-order chi connectivity index (χ1) is 10.6. The maximum absolute atomic E-state index is 11.3. The number of rotatable bonds is 14. The molecule has 0 fully saturated rings. The van der Waals surface area contributed by atoms with Crippen molar-refractivity contribution in [3.8, 4) is 0 Å². The Kier molecular flexibility index (Phi) is 13.9. The predicted molar refractivity (Wildman–Crippen MR) is 88.6 cm³/mol. The van der Waals surface area contributed by atoms with Gasteiger partial charge < -0.3 is 31.9 Å². The van der Waals surface area contributed by atoms with Crippen molar-refractivity contribution in [1.29, 1.82) is 0 Å². The molecule has 0 saturated heterocycles. The summed E-state index contributed by atoms with van der Waals surface area (Å²) in [5.41, 5.74) is 5.44. The highest BCUT2D eigenvalue weighted by Crippen LogP contribution is 1.91. The van der Waals surface area contributed by atoms with Gasteiger partial charge >= 0.3 is 0 Å². The topological polar surface area (TPSA) is 112 Å². The molecule has 2 amide bonds. The van der Waals surface area contributed by atoms with Gasteiger partial charge in [-0.2, -0.15) is 0 Å². The minimum atomic E-state index is 0.0370. The van der Waals surface area contributed by atoms with Crippen LogP contribution in [0.1, 0.15) is 12.8 Å². The van der Waals surface area contributed by atoms with Crippen molar-refractivity contribution < 1.29 is 9.59 Å². The maximum Gasteiger partial charge on any atom is 0.221 e. The Morgan fingerprint density at radius 2 is 1.36 bits per heavy atom. The molecule has 0 aromatic heterocycles. The molecule has 0 spiro atoms. The second kappa shape index (κ2) is 14.7. The third-order valence-electron chi connectivity index (χ3n) is 3.27. The van der Waals surface area contributed by atoms with E-state index in [0.717, 1.165) is 39.3 Å². The Morgan fingerprint density at radius 3 is 1.91 bits per heavy atom. The second-order valence-corrected chi connectivity index (χ2v) is 4.98. The lowest BCUT2D eigenvalue weighted by molar-refractivity contribution is -0.121. The molecule has 22 heavy (non-hydrogen) atoms. The van der Waals surface area contributed by atoms with E-state index in [9.17, 15) is 9.59 Å². The van der Waals surface area contributed by atoms with Gasteiger partial charge in [0.15, 0.2) is 0 Å². The van der Waals surface area contributed by atoms with Crippen LogP contribution in [-0.2, 0) is 9.59 Å². The average Bonchev–Trinajstić information content (AvgIpc) is 2.54. The smallest absolute Gasteiger partial charge is 0.221 e. The molecule has 0 aromatic rings. The molecule has 130 valence electrons. The number of hydrogen-bond acceptors (Lipinski definition) is 6. The highest BCUT2D eigenvalue weighted by molar-refractivity contribution is 5.75. The Bertz CT molecular complexity index is 301. The van der Waals surface area contributed by atoms with Gasteiger partial charge in [-0.25, -0.2) is 0 Å². The molecule has 0 aliphatic rings. The zero-order chi connectivity index (χ0) is 16.6. The number of carbonyl (C=O) groups is 2. The van der Waals surface area contributed by atoms with Gasteiger partial charge in [0, 0.05) is 79.3 Å². The SMILES string of the molecule is CNC(=O)CCNCCN(CCNCCN)CCC(=O)NC. The van der Waals surface area contributed by atoms with Gasteiger partial charge in [-0.3, -0.25) is 9.59 Å². The molecule has 0 atom stereocenters. The van der Waals surface area contributed by atoms with E-state index in [2.05, 4.69) is 26.2 Å². The van der Waals surface area contributed by atoms with E-state index >= 15 is 0 Å². The van der Waals surface area contributed by atoms with Crippen LogP contribution in [0, 0.1) is 0 Å². The van der Waals surface area contributed by atoms with Gasteiger partial charge in [0.2, 0.25) is 11.8 Å². The minimum Gasteiger partial charge on any atom is -0.359 e. The van der Waals surface area contributed by atoms with Gasteiger partial charge in [-0.1, -0.05) is 0 Å². The van der Waals surface area contributed by atoms with E-state index in [0.29, 0.717) is 25.9 Å². The number of nitrogens with one attached hydrogen (secondary N) is 4. The predicted octanol–water partition coefficient (Wildman–Crippen LogP) is -2.30. The van der Waals surface area contributed by atoms with Gasteiger partial charge in [0.1, 0.15) is 0 Å². The first-order valence-corrected chi connectivity index (χ1v) is 7.89. The van der Waals surface area contributed by atoms with Gasteiger partial charge in [0.05, 0.1) is 0 Å². The quantitative estimate of drug-likeness (QED) is 0.230. The van der Waals surface area contributed by atoms with Crippen molar-refractivity contribution in [3.63, 3.8) is 0 Å². The van der Waals surface area contributed by atoms with Crippen molar-refractivity contribution in [2.75, 3.05) is 66.5 Å². The molecule has 0 bridgehead atoms. The molecule has 8 nitrogen and oxygen atoms in total. The molecule has 0 heterocycles. The Balaban J connectivity index is 3.89. The number of nitrogens with zero attached hydrogens (tertiary/aromatic N) is 1. The molecular weight excluding hydrogens is 284 g/mol. The Labute approximate surface area is 133 Å². The van der Waals surface area contributed by atoms with Gasteiger partial charge in [0.25, 0.3) is 0 Å². The lowest BCUT2D eigenvalue weighted by Gasteiger charge is -2.22. The van der Waals surface area contributed by atoms with Crippen LogP contribution in [0.25, 0.3) is 0 Å². The molecule has 8 heteroatoms. The van der Waals surface area contributed by atoms with Crippen LogP contribution in [-0.4, -0.2) is 83.2 Å². The lowest BCUT2D eigenvalue weighted by atomic mass is 10.3. The van der Waals surface area contributed by atoms with Crippen LogP contribution in [0.3, 0.4) is 0 Å². The maximum atomic E-state index is 11.3. The number of hydrogen-bond donors (Lipinski definition) is 5. The third kappa shape index (κ3) is 12.5. The molecular formula is C14H32N6O2. The van der Waals surface area contributed by atoms with E-state index in [1.54, 1.807) is 14.1 Å². The standard InChI is InChI=1S/C14H32N6O2/c1-16-13(21)3-6-18-8-11-20(10-4-14(22)17-2)12-9-19-7-5-15/h18-19H,3-12,15H2,1-2H3,(H,16,21)(H,17,22). The van der Waals surface area contributed by atoms with Gasteiger partial charge in [-0.15, -0.1) is 0 Å². The number of nitrogens with two attached hydrogens (primary N) is 1. The fourth-order valence-electron chi connectivity index (χ4n) is 1.87. The molecule has 0 saturated carbocycles. The normalized spacial score (nSPS) is 10.7. The fraction of sp³-hybridized carbons (Fsp3) is 0.857. The van der Waals surface area contributed by atoms with Crippen LogP contribution in [0.5, 0.6) is 0 Å². The summed E-state index contributed by atoms with van der Waals surface area (Å²) in [5.74, 6) is 0.0856. The van der Waals surface area contributed by atoms with E-state index in [4.69, 9.17) is 5.73 Å². The summed E-state index contributed by atoms with van der Waals surface area (Å²) >= 11 is 0. The molecule has 6 N–H and O–H groups in total. The minimum absolute atomic E-state index is 0.0370. The summed E-state index contributed by atoms with van der Waals surface area (Å²) in [6.07, 6.45) is 0.971. The van der Waals surface area contributed by atoms with Crippen LogP contribution in [0.2, 0.25) is 0 Å². The van der Waals surface area contributed by atoms with Gasteiger partial charge in [-0.05, 0) is 0 Å². The molecule has 0 radical (unpaired) electrons. The molecule has 0 unspecified atom stereocenters. The lowest BCUT2D eigenvalue weighted by Crippen LogP contribution is -2.40. The van der Waals surface area contributed by atoms with Crippen molar-refractivity contribution in [2.24, 2.45) is 5.73 Å². The van der Waals surface area contributed by atoms with Crippen molar-refractivity contribution in [2.45, 2.75) is 12.8 Å². The molecule has 0 aromatic carbocycles. The largest absolute Gasteiger partial charge is 0.359 e. The summed E-state index contributed by atoms with van der Waals surface area (Å²) in [6.45, 7) is 6.16. The molecule has 0 rings (SSSR count). The highest BCUT2D eigenvalue weighted by atomic mass is 16.2. The number of amides is 2. The summed E-state index contributed by atoms with van der Waals surface area (Å²) < 4.78 is 0. The Morgan fingerprint density at radius 1 is 0.818 bits per heavy atom. The van der Waals surface area contributed by atoms with Crippen molar-refractivity contribution >= 4 is 11.8 Å². The number of carbonyl (C=O) groups excluding carboxylic acids is 2. The van der Waals surface area contributed by atoms with Crippen molar-refractivity contribution in [1.82, 2.24) is 26.2 Å². The van der Waals surface area contributed by atoms with Crippen LogP contribution in [0.15, 0.2) is 0 Å². The summed E-state index contributed by atoms with van der Waals surface area (Å²) in [6, 6.07) is 0. The average molecular weight is 316 g/mol. The summed E-state index contributed by atoms with van der Waals surface area (Å²) in [7, 11) is 3.28. The zero-order valence-corrected chi connectivity index (χ0v) is 13.9. The van der Waals surface area contributed by atoms with E-state index in [1.807, 2.05) is 0 Å². The van der Waals surface area contributed by atoms with Crippen LogP contribution >= 0.6 is 0 Å². The summed E-state index contributed by atoms with van der Waals surface area (Å²) in [4.78, 5) is 24.7. The molecule has 0 aliphatic heterocycles. The van der Waals surface area contributed by atoms with Crippen LogP contribution in [0.4, 0.5) is 0 Å². The van der Waals surface area contributed by atoms with E-state index in [-0.39, 0.29) is 11.8 Å². The second-order valence-electron chi connectivity index (χ2n) is 4.98. The van der Waals surface area contributed by atoms with Crippen molar-refractivity contribution in [3.05, 3.63) is 0 Å².